The Kier molecular flexibility index (Phi) is 6.07. The highest BCUT2D eigenvalue weighted by atomic mass is 35.5. The average molecular weight is 405 g/mol. The third-order valence-electron chi connectivity index (χ3n) is 3.33. The van der Waals surface area contributed by atoms with Crippen LogP contribution in [0.4, 0.5) is 5.69 Å². The normalized spacial score (nSPS) is 12.1. The van der Waals surface area contributed by atoms with Crippen LogP contribution in [-0.4, -0.2) is 35.1 Å². The summed E-state index contributed by atoms with van der Waals surface area (Å²) in [6.45, 7) is 1.17. The van der Waals surface area contributed by atoms with Crippen LogP contribution < -0.4 is 9.44 Å². The van der Waals surface area contributed by atoms with E-state index in [0.717, 1.165) is 0 Å². The van der Waals surface area contributed by atoms with E-state index in [1.165, 1.54) is 36.4 Å². The topological polar surface area (TPSA) is 113 Å². The first-order chi connectivity index (χ1) is 11.7. The fourth-order valence-electron chi connectivity index (χ4n) is 2.05. The second-order valence-corrected chi connectivity index (χ2v) is 8.94. The molecule has 0 aromatic heterocycles. The summed E-state index contributed by atoms with van der Waals surface area (Å²) in [5.41, 5.74) is 0.629. The zero-order valence-electron chi connectivity index (χ0n) is 13.2. The molecule has 0 unspecified atom stereocenters. The molecule has 0 atom stereocenters. The molecule has 0 aliphatic carbocycles. The molecule has 2 aromatic carbocycles. The molecule has 136 valence electrons. The Morgan fingerprint density at radius 3 is 2.24 bits per heavy atom. The summed E-state index contributed by atoms with van der Waals surface area (Å²) in [5, 5.41) is 9.02. The van der Waals surface area contributed by atoms with E-state index in [4.69, 9.17) is 16.7 Å². The van der Waals surface area contributed by atoms with Gasteiger partial charge in [0.2, 0.25) is 10.0 Å². The minimum Gasteiger partial charge on any atom is -0.395 e. The number of halogens is 1. The first kappa shape index (κ1) is 19.7. The molecule has 7 nitrogen and oxygen atoms in total. The van der Waals surface area contributed by atoms with Crippen molar-refractivity contribution in [3.63, 3.8) is 0 Å². The molecule has 0 radical (unpaired) electrons. The monoisotopic (exact) mass is 404 g/mol. The Hall–Kier alpha value is -1.65. The number of sulfonamides is 2. The highest BCUT2D eigenvalue weighted by Crippen LogP contribution is 2.25. The first-order valence-corrected chi connectivity index (χ1v) is 10.5. The molecule has 0 saturated heterocycles. The van der Waals surface area contributed by atoms with Gasteiger partial charge in [-0.1, -0.05) is 17.7 Å². The maximum absolute atomic E-state index is 12.5. The maximum atomic E-state index is 12.5. The molecular weight excluding hydrogens is 388 g/mol. The quantitative estimate of drug-likeness (QED) is 0.650. The largest absolute Gasteiger partial charge is 0.395 e. The minimum atomic E-state index is -3.86. The van der Waals surface area contributed by atoms with Crippen molar-refractivity contribution in [1.82, 2.24) is 4.72 Å². The number of aliphatic hydroxyl groups is 1. The van der Waals surface area contributed by atoms with Crippen LogP contribution in [0, 0.1) is 6.92 Å². The molecule has 10 heteroatoms. The third-order valence-corrected chi connectivity index (χ3v) is 6.74. The van der Waals surface area contributed by atoms with Gasteiger partial charge in [-0.2, -0.15) is 0 Å². The summed E-state index contributed by atoms with van der Waals surface area (Å²) in [6.07, 6.45) is 0. The molecule has 0 amide bonds. The number of aliphatic hydroxyl groups excluding tert-OH is 1. The highest BCUT2D eigenvalue weighted by molar-refractivity contribution is 7.92. The van der Waals surface area contributed by atoms with Crippen molar-refractivity contribution < 1.29 is 21.9 Å². The number of nitrogens with one attached hydrogen (secondary N) is 2. The van der Waals surface area contributed by atoms with E-state index in [1.54, 1.807) is 13.0 Å². The van der Waals surface area contributed by atoms with Crippen molar-refractivity contribution in [3.05, 3.63) is 53.1 Å². The predicted molar refractivity (Wildman–Crippen MR) is 95.7 cm³/mol. The zero-order valence-corrected chi connectivity index (χ0v) is 15.6. The lowest BCUT2D eigenvalue weighted by molar-refractivity contribution is 0.301. The van der Waals surface area contributed by atoms with E-state index >= 15 is 0 Å². The van der Waals surface area contributed by atoms with Crippen LogP contribution in [-0.2, 0) is 20.0 Å². The van der Waals surface area contributed by atoms with Crippen LogP contribution in [0.25, 0.3) is 0 Å². The zero-order chi connectivity index (χ0) is 18.7. The van der Waals surface area contributed by atoms with E-state index in [0.29, 0.717) is 10.6 Å². The summed E-state index contributed by atoms with van der Waals surface area (Å²) in [7, 11) is -7.61. The van der Waals surface area contributed by atoms with Gasteiger partial charge < -0.3 is 5.11 Å². The van der Waals surface area contributed by atoms with Crippen LogP contribution >= 0.6 is 11.6 Å². The van der Waals surface area contributed by atoms with Crippen molar-refractivity contribution in [2.45, 2.75) is 16.7 Å². The Bertz CT molecular complexity index is 958. The summed E-state index contributed by atoms with van der Waals surface area (Å²) in [6, 6.07) is 9.77. The maximum Gasteiger partial charge on any atom is 0.262 e. The van der Waals surface area contributed by atoms with Gasteiger partial charge in [-0.3, -0.25) is 4.72 Å². The average Bonchev–Trinajstić information content (AvgIpc) is 2.55. The van der Waals surface area contributed by atoms with Gasteiger partial charge in [0.25, 0.3) is 10.0 Å². The van der Waals surface area contributed by atoms with Gasteiger partial charge >= 0.3 is 0 Å². The Labute approximate surface area is 151 Å². The summed E-state index contributed by atoms with van der Waals surface area (Å²) < 4.78 is 53.4. The van der Waals surface area contributed by atoms with Gasteiger partial charge in [-0.25, -0.2) is 21.6 Å². The number of benzene rings is 2. The number of anilines is 1. The molecule has 0 saturated carbocycles. The van der Waals surface area contributed by atoms with Gasteiger partial charge in [-0.15, -0.1) is 0 Å². The van der Waals surface area contributed by atoms with E-state index in [2.05, 4.69) is 9.44 Å². The van der Waals surface area contributed by atoms with E-state index < -0.39 is 20.0 Å². The second kappa shape index (κ2) is 7.71. The lowest BCUT2D eigenvalue weighted by Gasteiger charge is -2.12. The van der Waals surface area contributed by atoms with Gasteiger partial charge in [0.05, 0.1) is 16.4 Å². The minimum absolute atomic E-state index is 0.0390. The third kappa shape index (κ3) is 4.71. The van der Waals surface area contributed by atoms with E-state index in [9.17, 15) is 16.8 Å². The van der Waals surface area contributed by atoms with Crippen molar-refractivity contribution in [3.8, 4) is 0 Å². The summed E-state index contributed by atoms with van der Waals surface area (Å²) in [4.78, 5) is 0.00384. The van der Waals surface area contributed by atoms with Crippen molar-refractivity contribution >= 4 is 37.3 Å². The Balaban J connectivity index is 2.25. The SMILES string of the molecule is Cc1c(Cl)cccc1S(=O)(=O)Nc1ccc(S(=O)(=O)NCCO)cc1. The molecule has 2 rings (SSSR count). The molecule has 0 fully saturated rings. The fourth-order valence-corrected chi connectivity index (χ4v) is 4.63. The van der Waals surface area contributed by atoms with Crippen molar-refractivity contribution in [1.29, 1.82) is 0 Å². The Morgan fingerprint density at radius 1 is 1.00 bits per heavy atom. The summed E-state index contributed by atoms with van der Waals surface area (Å²) in [5.74, 6) is 0. The molecule has 0 aliphatic heterocycles. The first-order valence-electron chi connectivity index (χ1n) is 7.16. The molecular formula is C15H17ClN2O5S2. The summed E-state index contributed by atoms with van der Waals surface area (Å²) >= 11 is 5.95. The molecule has 3 N–H and O–H groups in total. The predicted octanol–water partition coefficient (Wildman–Crippen LogP) is 1.72. The van der Waals surface area contributed by atoms with Crippen LogP contribution in [0.2, 0.25) is 5.02 Å². The van der Waals surface area contributed by atoms with Gasteiger partial charge in [-0.05, 0) is 48.9 Å². The van der Waals surface area contributed by atoms with E-state index in [1.807, 2.05) is 0 Å². The lowest BCUT2D eigenvalue weighted by Crippen LogP contribution is -2.26. The molecule has 25 heavy (non-hydrogen) atoms. The van der Waals surface area contributed by atoms with Crippen LogP contribution in [0.5, 0.6) is 0 Å². The molecule has 0 aliphatic rings. The van der Waals surface area contributed by atoms with Gasteiger partial charge in [0.15, 0.2) is 0 Å². The number of hydrogen-bond donors (Lipinski definition) is 3. The molecule has 0 spiro atoms. The van der Waals surface area contributed by atoms with Crippen LogP contribution in [0.1, 0.15) is 5.56 Å². The lowest BCUT2D eigenvalue weighted by atomic mass is 10.2. The number of rotatable bonds is 7. The number of hydrogen-bond acceptors (Lipinski definition) is 5. The van der Waals surface area contributed by atoms with Crippen LogP contribution in [0.15, 0.2) is 52.3 Å². The molecule has 2 aromatic rings. The fraction of sp³-hybridized carbons (Fsp3) is 0.200. The molecule has 0 heterocycles. The van der Waals surface area contributed by atoms with Crippen molar-refractivity contribution in [2.75, 3.05) is 17.9 Å². The van der Waals surface area contributed by atoms with E-state index in [-0.39, 0.29) is 28.6 Å². The standard InChI is InChI=1S/C15H17ClN2O5S2/c1-11-14(16)3-2-4-15(11)25(22,23)18-12-5-7-13(8-6-12)24(20,21)17-9-10-19/h2-8,17-19H,9-10H2,1H3. The van der Waals surface area contributed by atoms with Gasteiger partial charge in [0.1, 0.15) is 0 Å². The second-order valence-electron chi connectivity index (χ2n) is 5.11. The highest BCUT2D eigenvalue weighted by Gasteiger charge is 2.19. The molecule has 0 bridgehead atoms. The van der Waals surface area contributed by atoms with Crippen LogP contribution in [0.3, 0.4) is 0 Å². The Morgan fingerprint density at radius 2 is 1.64 bits per heavy atom. The van der Waals surface area contributed by atoms with Crippen molar-refractivity contribution in [2.24, 2.45) is 0 Å². The van der Waals surface area contributed by atoms with Gasteiger partial charge in [0, 0.05) is 17.3 Å². The smallest absolute Gasteiger partial charge is 0.262 e.